The molecule has 0 spiro atoms. The summed E-state index contributed by atoms with van der Waals surface area (Å²) in [6, 6.07) is 4.83. The molecular weight excluding hydrogens is 369 g/mol. The molecule has 144 valence electrons. The van der Waals surface area contributed by atoms with Gasteiger partial charge in [0.15, 0.2) is 0 Å². The van der Waals surface area contributed by atoms with Crippen LogP contribution in [0.5, 0.6) is 5.75 Å². The molecule has 0 amide bonds. The van der Waals surface area contributed by atoms with Gasteiger partial charge in [-0.3, -0.25) is 10.2 Å². The van der Waals surface area contributed by atoms with Crippen molar-refractivity contribution in [2.24, 2.45) is 5.10 Å². The van der Waals surface area contributed by atoms with Crippen molar-refractivity contribution in [3.05, 3.63) is 34.8 Å². The highest BCUT2D eigenvalue weighted by molar-refractivity contribution is 7.13. The number of thiazole rings is 1. The predicted molar refractivity (Wildman–Crippen MR) is 106 cm³/mol. The minimum Gasteiger partial charge on any atom is -0.490 e. The molecule has 0 atom stereocenters. The molecule has 8 nitrogen and oxygen atoms in total. The molecule has 0 unspecified atom stereocenters. The van der Waals surface area contributed by atoms with Gasteiger partial charge in [0.2, 0.25) is 5.13 Å². The minimum atomic E-state index is -1.58. The Balaban J connectivity index is 2.07. The second-order valence-corrected chi connectivity index (χ2v) is 6.69. The van der Waals surface area contributed by atoms with Crippen LogP contribution in [0.2, 0.25) is 0 Å². The van der Waals surface area contributed by atoms with Crippen LogP contribution in [-0.2, 0) is 16.0 Å². The fraction of sp³-hybridized carbons (Fsp3) is 0.353. The fourth-order valence-electron chi connectivity index (χ4n) is 2.15. The lowest BCUT2D eigenvalue weighted by molar-refractivity contribution is -0.142. The van der Waals surface area contributed by atoms with E-state index in [1.165, 1.54) is 17.6 Å². The standard InChI is InChI=1S/C17H22BN3O5S/c1-4-25-16(22)8-14-10-27-17(20-14)21-19-9-12-7-13(18(23)24)5-6-15(12)26-11(2)3/h5-7,9-11,23-24H,4,8H2,1-3H3,(H,20,21). The van der Waals surface area contributed by atoms with Crippen molar-refractivity contribution in [3.8, 4) is 5.75 Å². The number of rotatable bonds is 9. The summed E-state index contributed by atoms with van der Waals surface area (Å²) in [5.41, 5.74) is 4.31. The maximum Gasteiger partial charge on any atom is 0.488 e. The smallest absolute Gasteiger partial charge is 0.488 e. The summed E-state index contributed by atoms with van der Waals surface area (Å²) in [7, 11) is -1.58. The summed E-state index contributed by atoms with van der Waals surface area (Å²) in [4.78, 5) is 15.7. The van der Waals surface area contributed by atoms with Crippen molar-refractivity contribution in [2.45, 2.75) is 33.3 Å². The Morgan fingerprint density at radius 1 is 1.44 bits per heavy atom. The van der Waals surface area contributed by atoms with Crippen molar-refractivity contribution in [2.75, 3.05) is 12.0 Å². The van der Waals surface area contributed by atoms with E-state index in [0.29, 0.717) is 34.2 Å². The lowest BCUT2D eigenvalue weighted by atomic mass is 9.79. The number of benzene rings is 1. The van der Waals surface area contributed by atoms with Crippen molar-refractivity contribution in [1.82, 2.24) is 4.98 Å². The van der Waals surface area contributed by atoms with Crippen LogP contribution in [0.1, 0.15) is 32.0 Å². The Morgan fingerprint density at radius 2 is 2.22 bits per heavy atom. The number of carbonyl (C=O) groups is 1. The lowest BCUT2D eigenvalue weighted by Crippen LogP contribution is -2.30. The van der Waals surface area contributed by atoms with Crippen molar-refractivity contribution < 1.29 is 24.3 Å². The number of esters is 1. The average Bonchev–Trinajstić information content (AvgIpc) is 3.03. The summed E-state index contributed by atoms with van der Waals surface area (Å²) in [5, 5.41) is 25.1. The lowest BCUT2D eigenvalue weighted by Gasteiger charge is -2.13. The molecule has 0 fully saturated rings. The normalized spacial score (nSPS) is 11.0. The van der Waals surface area contributed by atoms with Gasteiger partial charge in [0.25, 0.3) is 0 Å². The molecule has 0 saturated carbocycles. The minimum absolute atomic E-state index is 0.0422. The van der Waals surface area contributed by atoms with E-state index in [-0.39, 0.29) is 18.5 Å². The first kappa shape index (κ1) is 20.9. The van der Waals surface area contributed by atoms with Gasteiger partial charge < -0.3 is 19.5 Å². The number of carbonyl (C=O) groups excluding carboxylic acids is 1. The van der Waals surface area contributed by atoms with E-state index in [1.807, 2.05) is 13.8 Å². The van der Waals surface area contributed by atoms with Gasteiger partial charge in [-0.25, -0.2) is 4.98 Å². The molecule has 1 aromatic heterocycles. The number of hydrogen-bond donors (Lipinski definition) is 3. The molecule has 0 aliphatic rings. The average molecular weight is 391 g/mol. The van der Waals surface area contributed by atoms with Gasteiger partial charge in [-0.05, 0) is 38.4 Å². The van der Waals surface area contributed by atoms with E-state index < -0.39 is 7.12 Å². The molecule has 1 heterocycles. The SMILES string of the molecule is CCOC(=O)Cc1csc(NN=Cc2cc(B(O)O)ccc2OC(C)C)n1. The maximum atomic E-state index is 11.5. The van der Waals surface area contributed by atoms with E-state index >= 15 is 0 Å². The van der Waals surface area contributed by atoms with Gasteiger partial charge in [0.05, 0.1) is 31.0 Å². The number of nitrogens with zero attached hydrogens (tertiary/aromatic N) is 2. The molecule has 0 aliphatic heterocycles. The number of aromatic nitrogens is 1. The molecule has 27 heavy (non-hydrogen) atoms. The number of anilines is 1. The number of ether oxygens (including phenoxy) is 2. The number of nitrogens with one attached hydrogen (secondary N) is 1. The Kier molecular flexibility index (Phi) is 7.77. The fourth-order valence-corrected chi connectivity index (χ4v) is 2.81. The van der Waals surface area contributed by atoms with E-state index in [9.17, 15) is 14.8 Å². The van der Waals surface area contributed by atoms with Gasteiger partial charge in [-0.15, -0.1) is 11.3 Å². The van der Waals surface area contributed by atoms with Gasteiger partial charge in [-0.1, -0.05) is 6.07 Å². The van der Waals surface area contributed by atoms with Crippen LogP contribution in [0.4, 0.5) is 5.13 Å². The summed E-state index contributed by atoms with van der Waals surface area (Å²) in [6.45, 7) is 5.88. The van der Waals surface area contributed by atoms with Crippen molar-refractivity contribution in [1.29, 1.82) is 0 Å². The number of hydrogen-bond acceptors (Lipinski definition) is 9. The van der Waals surface area contributed by atoms with Crippen molar-refractivity contribution in [3.63, 3.8) is 0 Å². The Bertz CT molecular complexity index is 795. The van der Waals surface area contributed by atoms with Crippen LogP contribution in [0.15, 0.2) is 28.7 Å². The predicted octanol–water partition coefficient (Wildman–Crippen LogP) is 1.16. The van der Waals surface area contributed by atoms with Crippen LogP contribution in [0, 0.1) is 0 Å². The molecule has 0 bridgehead atoms. The topological polar surface area (TPSA) is 113 Å². The molecule has 0 radical (unpaired) electrons. The molecular formula is C17H22BN3O5S. The summed E-state index contributed by atoms with van der Waals surface area (Å²) < 4.78 is 10.6. The maximum absolute atomic E-state index is 11.5. The quantitative estimate of drug-likeness (QED) is 0.254. The molecule has 10 heteroatoms. The highest BCUT2D eigenvalue weighted by atomic mass is 32.1. The van der Waals surface area contributed by atoms with E-state index in [4.69, 9.17) is 9.47 Å². The van der Waals surface area contributed by atoms with Gasteiger partial charge >= 0.3 is 13.1 Å². The zero-order valence-corrected chi connectivity index (χ0v) is 16.2. The molecule has 1 aromatic carbocycles. The van der Waals surface area contributed by atoms with Crippen LogP contribution in [-0.4, -0.2) is 47.0 Å². The monoisotopic (exact) mass is 391 g/mol. The van der Waals surface area contributed by atoms with Gasteiger partial charge in [-0.2, -0.15) is 5.10 Å². The third-order valence-electron chi connectivity index (χ3n) is 3.24. The molecule has 3 N–H and O–H groups in total. The molecule has 0 saturated heterocycles. The van der Waals surface area contributed by atoms with E-state index in [1.54, 1.807) is 30.5 Å². The first-order chi connectivity index (χ1) is 12.9. The Hall–Kier alpha value is -2.43. The van der Waals surface area contributed by atoms with E-state index in [0.717, 1.165) is 0 Å². The summed E-state index contributed by atoms with van der Waals surface area (Å²) in [5.74, 6) is 0.245. The largest absolute Gasteiger partial charge is 0.490 e. The van der Waals surface area contributed by atoms with Crippen LogP contribution >= 0.6 is 11.3 Å². The van der Waals surface area contributed by atoms with E-state index in [2.05, 4.69) is 15.5 Å². The molecule has 2 rings (SSSR count). The highest BCUT2D eigenvalue weighted by Crippen LogP contribution is 2.18. The second-order valence-electron chi connectivity index (χ2n) is 5.83. The zero-order chi connectivity index (χ0) is 19.8. The third kappa shape index (κ3) is 6.67. The first-order valence-corrected chi connectivity index (χ1v) is 9.32. The molecule has 2 aromatic rings. The Morgan fingerprint density at radius 3 is 2.89 bits per heavy atom. The van der Waals surface area contributed by atoms with Crippen molar-refractivity contribution >= 4 is 41.2 Å². The highest BCUT2D eigenvalue weighted by Gasteiger charge is 2.14. The summed E-state index contributed by atoms with van der Waals surface area (Å²) >= 11 is 1.31. The first-order valence-electron chi connectivity index (χ1n) is 8.44. The van der Waals surface area contributed by atoms with Crippen LogP contribution < -0.4 is 15.6 Å². The van der Waals surface area contributed by atoms with Gasteiger partial charge in [0.1, 0.15) is 5.75 Å². The zero-order valence-electron chi connectivity index (χ0n) is 15.4. The molecule has 0 aliphatic carbocycles. The number of hydrazone groups is 1. The third-order valence-corrected chi connectivity index (χ3v) is 4.04. The second kappa shape index (κ2) is 10.1. The summed E-state index contributed by atoms with van der Waals surface area (Å²) in [6.07, 6.45) is 1.58. The van der Waals surface area contributed by atoms with Gasteiger partial charge in [0, 0.05) is 10.9 Å². The van der Waals surface area contributed by atoms with Crippen LogP contribution in [0.3, 0.4) is 0 Å². The van der Waals surface area contributed by atoms with Crippen LogP contribution in [0.25, 0.3) is 0 Å². The Labute approximate surface area is 162 Å².